The molecule has 3 heteroatoms. The van der Waals surface area contributed by atoms with Crippen LogP contribution in [-0.2, 0) is 5.41 Å². The van der Waals surface area contributed by atoms with Gasteiger partial charge in [0.15, 0.2) is 0 Å². The number of fused-ring (bicyclic) bond motifs is 5. The van der Waals surface area contributed by atoms with Gasteiger partial charge in [0, 0.05) is 38.6 Å². The van der Waals surface area contributed by atoms with Crippen LogP contribution in [0.25, 0.3) is 60.9 Å². The van der Waals surface area contributed by atoms with Gasteiger partial charge in [0.05, 0.1) is 16.7 Å². The van der Waals surface area contributed by atoms with Crippen LogP contribution in [0.4, 0.5) is 17.1 Å². The Hall–Kier alpha value is -6.16. The van der Waals surface area contributed by atoms with Crippen molar-refractivity contribution in [3.63, 3.8) is 0 Å². The minimum atomic E-state index is -0.0342. The first-order valence-corrected chi connectivity index (χ1v) is 18.9. The van der Waals surface area contributed by atoms with E-state index in [2.05, 4.69) is 204 Å². The standard InChI is InChI=1S/C49H36N2S/c1-49(2)44-15-9-14-42-43-30-38(22-29-46(43)51(48(42)44)47-32-52-31-45(47)49)37-20-27-41(28-21-37)50(39-23-16-35(17-24-39)33-10-5-3-6-11-33)40-25-18-36(19-26-40)34-12-7-4-8-13-34/h3-32H,1-2H3. The predicted octanol–water partition coefficient (Wildman–Crippen LogP) is 14.0. The highest BCUT2D eigenvalue weighted by Crippen LogP contribution is 2.49. The van der Waals surface area contributed by atoms with Gasteiger partial charge in [-0.05, 0) is 98.4 Å². The molecule has 0 bridgehead atoms. The zero-order valence-corrected chi connectivity index (χ0v) is 29.9. The largest absolute Gasteiger partial charge is 0.311 e. The average Bonchev–Trinajstić information content (AvgIpc) is 3.83. The van der Waals surface area contributed by atoms with Crippen molar-refractivity contribution >= 4 is 50.2 Å². The van der Waals surface area contributed by atoms with E-state index in [0.717, 1.165) is 17.1 Å². The lowest BCUT2D eigenvalue weighted by Gasteiger charge is -2.32. The fourth-order valence-electron chi connectivity index (χ4n) is 8.20. The fourth-order valence-corrected chi connectivity index (χ4v) is 9.18. The van der Waals surface area contributed by atoms with E-state index in [4.69, 9.17) is 0 Å². The molecular weight excluding hydrogens is 649 g/mol. The molecule has 0 saturated carbocycles. The lowest BCUT2D eigenvalue weighted by molar-refractivity contribution is 0.633. The first-order valence-electron chi connectivity index (χ1n) is 17.9. The first kappa shape index (κ1) is 30.6. The summed E-state index contributed by atoms with van der Waals surface area (Å²) in [6.45, 7) is 4.72. The van der Waals surface area contributed by atoms with Crippen LogP contribution < -0.4 is 4.90 Å². The molecule has 0 aliphatic carbocycles. The second kappa shape index (κ2) is 12.0. The average molecular weight is 685 g/mol. The number of benzene rings is 7. The van der Waals surface area contributed by atoms with Gasteiger partial charge in [0.25, 0.3) is 0 Å². The molecule has 0 saturated heterocycles. The van der Waals surface area contributed by atoms with Crippen LogP contribution in [0.15, 0.2) is 181 Å². The summed E-state index contributed by atoms with van der Waals surface area (Å²) in [7, 11) is 0. The summed E-state index contributed by atoms with van der Waals surface area (Å²) in [6, 6.07) is 61.8. The van der Waals surface area contributed by atoms with Gasteiger partial charge in [-0.3, -0.25) is 0 Å². The maximum absolute atomic E-state index is 2.49. The highest BCUT2D eigenvalue weighted by atomic mass is 32.1. The molecular formula is C49H36N2S. The molecule has 0 unspecified atom stereocenters. The number of rotatable bonds is 6. The monoisotopic (exact) mass is 684 g/mol. The van der Waals surface area contributed by atoms with Gasteiger partial charge in [-0.15, -0.1) is 11.3 Å². The van der Waals surface area contributed by atoms with Gasteiger partial charge < -0.3 is 9.47 Å². The Morgan fingerprint density at radius 3 is 1.50 bits per heavy atom. The molecule has 9 aromatic rings. The minimum absolute atomic E-state index is 0.0342. The van der Waals surface area contributed by atoms with E-state index < -0.39 is 0 Å². The summed E-state index contributed by atoms with van der Waals surface area (Å²) in [4.78, 5) is 2.35. The Bertz CT molecular complexity index is 2630. The molecule has 52 heavy (non-hydrogen) atoms. The summed E-state index contributed by atoms with van der Waals surface area (Å²) in [5.74, 6) is 0. The lowest BCUT2D eigenvalue weighted by Crippen LogP contribution is -2.24. The third-order valence-electron chi connectivity index (χ3n) is 10.9. The molecule has 0 atom stereocenters. The number of para-hydroxylation sites is 1. The second-order valence-corrected chi connectivity index (χ2v) is 15.0. The Kier molecular flexibility index (Phi) is 7.06. The number of thiophene rings is 1. The molecule has 3 heterocycles. The van der Waals surface area contributed by atoms with Crippen molar-refractivity contribution in [3.05, 3.63) is 192 Å². The minimum Gasteiger partial charge on any atom is -0.311 e. The van der Waals surface area contributed by atoms with Crippen molar-refractivity contribution in [3.8, 4) is 39.1 Å². The maximum Gasteiger partial charge on any atom is 0.0610 e. The molecule has 2 aromatic heterocycles. The van der Waals surface area contributed by atoms with Gasteiger partial charge in [-0.25, -0.2) is 0 Å². The quantitative estimate of drug-likeness (QED) is 0.169. The van der Waals surface area contributed by atoms with Gasteiger partial charge in [0.2, 0.25) is 0 Å². The first-order chi connectivity index (χ1) is 25.5. The molecule has 7 aromatic carbocycles. The Morgan fingerprint density at radius 1 is 0.442 bits per heavy atom. The van der Waals surface area contributed by atoms with Crippen molar-refractivity contribution in [2.45, 2.75) is 19.3 Å². The summed E-state index contributed by atoms with van der Waals surface area (Å²) in [5.41, 5.74) is 17.3. The van der Waals surface area contributed by atoms with Crippen molar-refractivity contribution in [2.75, 3.05) is 4.90 Å². The summed E-state index contributed by atoms with van der Waals surface area (Å²) >= 11 is 1.80. The number of nitrogens with zero attached hydrogens (tertiary/aromatic N) is 2. The van der Waals surface area contributed by atoms with E-state index in [0.29, 0.717) is 0 Å². The number of aromatic nitrogens is 1. The van der Waals surface area contributed by atoms with E-state index in [1.165, 1.54) is 72.0 Å². The third kappa shape index (κ3) is 4.85. The molecule has 0 fully saturated rings. The molecule has 1 aliphatic heterocycles. The SMILES string of the molecule is CC1(C)c2cscc2-n2c3ccc(-c4ccc(N(c5ccc(-c6ccccc6)cc5)c5ccc(-c6ccccc6)cc5)cc4)cc3c3cccc1c32. The van der Waals surface area contributed by atoms with Gasteiger partial charge in [-0.1, -0.05) is 135 Å². The molecule has 0 amide bonds. The topological polar surface area (TPSA) is 8.17 Å². The molecule has 1 aliphatic rings. The number of hydrogen-bond donors (Lipinski definition) is 0. The normalized spacial score (nSPS) is 13.0. The number of hydrogen-bond acceptors (Lipinski definition) is 2. The van der Waals surface area contributed by atoms with Crippen molar-refractivity contribution in [1.82, 2.24) is 4.57 Å². The Balaban J connectivity index is 1.05. The highest BCUT2D eigenvalue weighted by Gasteiger charge is 2.35. The van der Waals surface area contributed by atoms with E-state index in [1.807, 2.05) is 0 Å². The van der Waals surface area contributed by atoms with Crippen LogP contribution in [0.2, 0.25) is 0 Å². The summed E-state index contributed by atoms with van der Waals surface area (Å²) in [6.07, 6.45) is 0. The van der Waals surface area contributed by atoms with E-state index in [9.17, 15) is 0 Å². The molecule has 248 valence electrons. The lowest BCUT2D eigenvalue weighted by atomic mass is 9.76. The van der Waals surface area contributed by atoms with Gasteiger partial charge in [-0.2, -0.15) is 0 Å². The summed E-state index contributed by atoms with van der Waals surface area (Å²) in [5, 5.41) is 7.26. The molecule has 10 rings (SSSR count). The number of anilines is 3. The van der Waals surface area contributed by atoms with E-state index >= 15 is 0 Å². The van der Waals surface area contributed by atoms with Crippen LogP contribution in [0.1, 0.15) is 25.0 Å². The molecule has 0 radical (unpaired) electrons. The van der Waals surface area contributed by atoms with Gasteiger partial charge >= 0.3 is 0 Å². The zero-order chi connectivity index (χ0) is 34.8. The van der Waals surface area contributed by atoms with E-state index in [-0.39, 0.29) is 5.41 Å². The van der Waals surface area contributed by atoms with Crippen LogP contribution in [-0.4, -0.2) is 4.57 Å². The predicted molar refractivity (Wildman–Crippen MR) is 222 cm³/mol. The fraction of sp³-hybridized carbons (Fsp3) is 0.0612. The van der Waals surface area contributed by atoms with Gasteiger partial charge in [0.1, 0.15) is 0 Å². The summed E-state index contributed by atoms with van der Waals surface area (Å²) < 4.78 is 2.49. The smallest absolute Gasteiger partial charge is 0.0610 e. The van der Waals surface area contributed by atoms with E-state index in [1.54, 1.807) is 11.3 Å². The van der Waals surface area contributed by atoms with Crippen LogP contribution in [0.3, 0.4) is 0 Å². The maximum atomic E-state index is 2.49. The van der Waals surface area contributed by atoms with Crippen molar-refractivity contribution < 1.29 is 0 Å². The molecule has 2 nitrogen and oxygen atoms in total. The third-order valence-corrected chi connectivity index (χ3v) is 11.7. The second-order valence-electron chi connectivity index (χ2n) is 14.3. The molecule has 0 N–H and O–H groups in total. The highest BCUT2D eigenvalue weighted by molar-refractivity contribution is 7.08. The van der Waals surface area contributed by atoms with Crippen molar-refractivity contribution in [2.24, 2.45) is 0 Å². The van der Waals surface area contributed by atoms with Crippen LogP contribution in [0, 0.1) is 0 Å². The molecule has 0 spiro atoms. The van der Waals surface area contributed by atoms with Crippen LogP contribution in [0.5, 0.6) is 0 Å². The Labute approximate surface area is 308 Å². The van der Waals surface area contributed by atoms with Crippen molar-refractivity contribution in [1.29, 1.82) is 0 Å². The zero-order valence-electron chi connectivity index (χ0n) is 29.1. The van der Waals surface area contributed by atoms with Crippen LogP contribution >= 0.6 is 11.3 Å². The Morgan fingerprint density at radius 2 is 0.942 bits per heavy atom.